The number of aromatic amines is 2. The van der Waals surface area contributed by atoms with E-state index in [0.29, 0.717) is 28.9 Å². The van der Waals surface area contributed by atoms with E-state index in [4.69, 9.17) is 27.9 Å². The SMILES string of the molecule is CC(C)(C)c1[nH]c2ccccc2c1C1=C(Cl)C(=O)C(c2c[nH]c3ccc(OCc4ccccc4)cc23)=C(Cl)C1=O. The van der Waals surface area contributed by atoms with Crippen LogP contribution in [0.3, 0.4) is 0 Å². The minimum absolute atomic E-state index is 0.0732. The van der Waals surface area contributed by atoms with Crippen LogP contribution in [0.5, 0.6) is 5.75 Å². The molecule has 0 saturated heterocycles. The van der Waals surface area contributed by atoms with Gasteiger partial charge in [-0.05, 0) is 29.8 Å². The molecule has 0 fully saturated rings. The minimum atomic E-state index is -0.497. The van der Waals surface area contributed by atoms with Crippen molar-refractivity contribution in [2.75, 3.05) is 0 Å². The van der Waals surface area contributed by atoms with Crippen molar-refractivity contribution in [2.24, 2.45) is 0 Å². The number of aromatic nitrogens is 2. The maximum atomic E-state index is 13.9. The van der Waals surface area contributed by atoms with Gasteiger partial charge in [-0.2, -0.15) is 0 Å². The number of nitrogens with one attached hydrogen (secondary N) is 2. The number of benzene rings is 3. The first-order chi connectivity index (χ1) is 19.1. The first kappa shape index (κ1) is 26.2. The Morgan fingerprint density at radius 3 is 2.20 bits per heavy atom. The van der Waals surface area contributed by atoms with Crippen LogP contribution in [0.15, 0.2) is 89.1 Å². The second-order valence-corrected chi connectivity index (χ2v) is 11.6. The van der Waals surface area contributed by atoms with Gasteiger partial charge in [-0.1, -0.05) is 92.5 Å². The molecular weight excluding hydrogens is 543 g/mol. The fourth-order valence-electron chi connectivity index (χ4n) is 5.21. The Morgan fingerprint density at radius 2 is 1.45 bits per heavy atom. The number of H-pyrrole nitrogens is 2. The summed E-state index contributed by atoms with van der Waals surface area (Å²) in [6.07, 6.45) is 1.68. The summed E-state index contributed by atoms with van der Waals surface area (Å²) in [6.45, 7) is 6.51. The first-order valence-corrected chi connectivity index (χ1v) is 13.7. The number of rotatable bonds is 5. The second kappa shape index (κ2) is 9.84. The van der Waals surface area contributed by atoms with Gasteiger partial charge in [-0.25, -0.2) is 0 Å². The van der Waals surface area contributed by atoms with Gasteiger partial charge in [0, 0.05) is 50.2 Å². The molecule has 0 radical (unpaired) electrons. The summed E-state index contributed by atoms with van der Waals surface area (Å²) in [4.78, 5) is 34.4. The third-order valence-electron chi connectivity index (χ3n) is 7.17. The molecule has 2 heterocycles. The molecule has 2 aromatic heterocycles. The lowest BCUT2D eigenvalue weighted by Crippen LogP contribution is -2.21. The predicted molar refractivity (Wildman–Crippen MR) is 162 cm³/mol. The minimum Gasteiger partial charge on any atom is -0.489 e. The van der Waals surface area contributed by atoms with Crippen LogP contribution in [0, 0.1) is 0 Å². The largest absolute Gasteiger partial charge is 0.489 e. The van der Waals surface area contributed by atoms with Gasteiger partial charge < -0.3 is 14.7 Å². The summed E-state index contributed by atoms with van der Waals surface area (Å²) in [5, 5.41) is 1.20. The lowest BCUT2D eigenvalue weighted by molar-refractivity contribution is -0.113. The highest BCUT2D eigenvalue weighted by atomic mass is 35.5. The van der Waals surface area contributed by atoms with Gasteiger partial charge in [-0.3, -0.25) is 9.59 Å². The summed E-state index contributed by atoms with van der Waals surface area (Å²) in [5.74, 6) is -0.357. The summed E-state index contributed by atoms with van der Waals surface area (Å²) < 4.78 is 6.01. The highest BCUT2D eigenvalue weighted by molar-refractivity contribution is 6.68. The Hall–Kier alpha value is -4.06. The summed E-state index contributed by atoms with van der Waals surface area (Å²) in [5.41, 5.74) is 4.41. The fraction of sp³-hybridized carbons (Fsp3) is 0.152. The van der Waals surface area contributed by atoms with E-state index in [9.17, 15) is 9.59 Å². The van der Waals surface area contributed by atoms with E-state index in [1.54, 1.807) is 6.20 Å². The van der Waals surface area contributed by atoms with Crippen LogP contribution in [-0.2, 0) is 21.6 Å². The van der Waals surface area contributed by atoms with E-state index < -0.39 is 11.6 Å². The number of ketones is 2. The van der Waals surface area contributed by atoms with Gasteiger partial charge in [0.2, 0.25) is 11.6 Å². The van der Waals surface area contributed by atoms with Gasteiger partial charge in [0.05, 0.1) is 11.1 Å². The van der Waals surface area contributed by atoms with Crippen molar-refractivity contribution in [2.45, 2.75) is 32.8 Å². The summed E-state index contributed by atoms with van der Waals surface area (Å²) in [6, 6.07) is 23.1. The topological polar surface area (TPSA) is 74.9 Å². The lowest BCUT2D eigenvalue weighted by Gasteiger charge is -2.23. The Bertz CT molecular complexity index is 1890. The van der Waals surface area contributed by atoms with E-state index in [1.807, 2.05) is 93.6 Å². The van der Waals surface area contributed by atoms with E-state index >= 15 is 0 Å². The molecule has 7 heteroatoms. The molecule has 5 aromatic rings. The van der Waals surface area contributed by atoms with Crippen molar-refractivity contribution >= 4 is 67.7 Å². The van der Waals surface area contributed by atoms with Crippen LogP contribution in [-0.4, -0.2) is 21.5 Å². The Balaban J connectivity index is 1.44. The molecule has 3 aromatic carbocycles. The van der Waals surface area contributed by atoms with Gasteiger partial charge >= 0.3 is 0 Å². The van der Waals surface area contributed by atoms with Crippen LogP contribution in [0.25, 0.3) is 33.0 Å². The van der Waals surface area contributed by atoms with Crippen LogP contribution in [0.1, 0.15) is 43.2 Å². The second-order valence-electron chi connectivity index (χ2n) is 10.9. The lowest BCUT2D eigenvalue weighted by atomic mass is 9.82. The van der Waals surface area contributed by atoms with Gasteiger partial charge in [0.25, 0.3) is 0 Å². The van der Waals surface area contributed by atoms with Crippen molar-refractivity contribution in [3.05, 3.63) is 111 Å². The number of allylic oxidation sites excluding steroid dienone is 4. The molecule has 0 atom stereocenters. The number of para-hydroxylation sites is 1. The molecule has 40 heavy (non-hydrogen) atoms. The van der Waals surface area contributed by atoms with Crippen LogP contribution >= 0.6 is 23.2 Å². The normalized spacial score (nSPS) is 14.6. The van der Waals surface area contributed by atoms with E-state index in [2.05, 4.69) is 9.97 Å². The number of carbonyl (C=O) groups is 2. The Kier molecular flexibility index (Phi) is 6.44. The fourth-order valence-corrected chi connectivity index (χ4v) is 5.77. The standard InChI is InChI=1S/C33H26Cl2N2O3/c1-33(2,3)32-25(20-11-7-8-12-24(20)37-32)27-29(35)30(38)26(28(34)31(27)39)22-16-36-23-14-13-19(15-21(22)23)40-17-18-9-5-4-6-10-18/h4-16,36-37H,17H2,1-3H3. The molecule has 0 bridgehead atoms. The molecule has 0 amide bonds. The molecule has 0 unspecified atom stereocenters. The maximum Gasteiger partial charge on any atom is 0.207 e. The molecule has 0 aliphatic heterocycles. The third-order valence-corrected chi connectivity index (χ3v) is 7.89. The van der Waals surface area contributed by atoms with Crippen molar-refractivity contribution < 1.29 is 14.3 Å². The monoisotopic (exact) mass is 568 g/mol. The van der Waals surface area contributed by atoms with Crippen molar-refractivity contribution in [1.82, 2.24) is 9.97 Å². The molecule has 200 valence electrons. The van der Waals surface area contributed by atoms with Gasteiger partial charge in [-0.15, -0.1) is 0 Å². The predicted octanol–water partition coefficient (Wildman–Crippen LogP) is 8.28. The van der Waals surface area contributed by atoms with E-state index in [-0.39, 0.29) is 26.6 Å². The average Bonchev–Trinajstić information content (AvgIpc) is 3.54. The number of hydrogen-bond donors (Lipinski definition) is 2. The molecule has 1 aliphatic rings. The number of fused-ring (bicyclic) bond motifs is 2. The molecule has 6 rings (SSSR count). The first-order valence-electron chi connectivity index (χ1n) is 12.9. The molecule has 5 nitrogen and oxygen atoms in total. The number of hydrogen-bond acceptors (Lipinski definition) is 3. The smallest absolute Gasteiger partial charge is 0.207 e. The molecule has 0 spiro atoms. The molecular formula is C33H26Cl2N2O3. The highest BCUT2D eigenvalue weighted by Gasteiger charge is 2.38. The number of ether oxygens (including phenoxy) is 1. The molecule has 0 saturated carbocycles. The third kappa shape index (κ3) is 4.36. The highest BCUT2D eigenvalue weighted by Crippen LogP contribution is 2.45. The molecule has 2 N–H and O–H groups in total. The molecule has 1 aliphatic carbocycles. The number of halogens is 2. The van der Waals surface area contributed by atoms with Gasteiger partial charge in [0.1, 0.15) is 22.4 Å². The van der Waals surface area contributed by atoms with Crippen LogP contribution in [0.4, 0.5) is 0 Å². The number of carbonyl (C=O) groups excluding carboxylic acids is 2. The van der Waals surface area contributed by atoms with Crippen molar-refractivity contribution in [3.63, 3.8) is 0 Å². The zero-order valence-electron chi connectivity index (χ0n) is 22.2. The zero-order chi connectivity index (χ0) is 28.2. The van der Waals surface area contributed by atoms with Gasteiger partial charge in [0.15, 0.2) is 0 Å². The zero-order valence-corrected chi connectivity index (χ0v) is 23.7. The summed E-state index contributed by atoms with van der Waals surface area (Å²) in [7, 11) is 0. The number of Topliss-reactive ketones (excluding diaryl/α,β-unsaturated/α-hetero) is 2. The van der Waals surface area contributed by atoms with Crippen LogP contribution in [0.2, 0.25) is 0 Å². The Labute approximate surface area is 241 Å². The van der Waals surface area contributed by atoms with Crippen molar-refractivity contribution in [3.8, 4) is 5.75 Å². The Morgan fingerprint density at radius 1 is 0.775 bits per heavy atom. The quantitative estimate of drug-likeness (QED) is 0.209. The maximum absolute atomic E-state index is 13.9. The average molecular weight is 569 g/mol. The van der Waals surface area contributed by atoms with Crippen molar-refractivity contribution in [1.29, 1.82) is 0 Å². The van der Waals surface area contributed by atoms with E-state index in [1.165, 1.54) is 0 Å². The van der Waals surface area contributed by atoms with Crippen LogP contribution < -0.4 is 4.74 Å². The van der Waals surface area contributed by atoms with E-state index in [0.717, 1.165) is 27.7 Å². The summed E-state index contributed by atoms with van der Waals surface area (Å²) >= 11 is 13.5.